The lowest BCUT2D eigenvalue weighted by Crippen LogP contribution is -2.16. The smallest absolute Gasteiger partial charge is 0.229 e. The van der Waals surface area contributed by atoms with Crippen molar-refractivity contribution >= 4 is 11.7 Å². The van der Waals surface area contributed by atoms with E-state index in [9.17, 15) is 4.79 Å². The van der Waals surface area contributed by atoms with E-state index in [0.717, 1.165) is 5.56 Å². The third-order valence-corrected chi connectivity index (χ3v) is 4.31. The Morgan fingerprint density at radius 2 is 2.15 bits per heavy atom. The summed E-state index contributed by atoms with van der Waals surface area (Å²) in [4.78, 5) is 16.4. The van der Waals surface area contributed by atoms with Gasteiger partial charge in [0.2, 0.25) is 5.91 Å². The lowest BCUT2D eigenvalue weighted by molar-refractivity contribution is -0.117. The van der Waals surface area contributed by atoms with Crippen LogP contribution in [0.25, 0.3) is 0 Å². The Hall–Kier alpha value is -1.86. The predicted octanol–water partition coefficient (Wildman–Crippen LogP) is 1.77. The molecular formula is C16H19N3O. The van der Waals surface area contributed by atoms with Crippen LogP contribution in [0.3, 0.4) is 0 Å². The van der Waals surface area contributed by atoms with E-state index in [-0.39, 0.29) is 11.8 Å². The van der Waals surface area contributed by atoms with Crippen LogP contribution in [0.1, 0.15) is 31.2 Å². The molecule has 0 spiro atoms. The van der Waals surface area contributed by atoms with Gasteiger partial charge in [-0.2, -0.15) is 0 Å². The maximum absolute atomic E-state index is 12.3. The van der Waals surface area contributed by atoms with Crippen LogP contribution in [0.4, 0.5) is 5.82 Å². The number of pyridine rings is 1. The van der Waals surface area contributed by atoms with E-state index in [1.165, 1.54) is 25.7 Å². The Bertz CT molecular complexity index is 561. The summed E-state index contributed by atoms with van der Waals surface area (Å²) < 4.78 is 0. The van der Waals surface area contributed by atoms with Gasteiger partial charge in [-0.05, 0) is 36.8 Å². The first-order valence-electron chi connectivity index (χ1n) is 7.25. The fourth-order valence-electron chi connectivity index (χ4n) is 3.32. The first-order valence-corrected chi connectivity index (χ1v) is 7.25. The summed E-state index contributed by atoms with van der Waals surface area (Å²) in [6.07, 6.45) is 6.62. The Morgan fingerprint density at radius 3 is 2.85 bits per heavy atom. The normalized spacial score (nSPS) is 26.9. The van der Waals surface area contributed by atoms with Crippen molar-refractivity contribution in [1.29, 1.82) is 0 Å². The molecule has 1 aromatic rings. The van der Waals surface area contributed by atoms with Crippen LogP contribution in [0.5, 0.6) is 0 Å². The van der Waals surface area contributed by atoms with Crippen LogP contribution in [-0.4, -0.2) is 17.4 Å². The highest BCUT2D eigenvalue weighted by atomic mass is 16.2. The molecule has 1 aromatic heterocycles. The highest BCUT2D eigenvalue weighted by molar-refractivity contribution is 5.94. The number of nitrogens with one attached hydrogen (secondary N) is 1. The van der Waals surface area contributed by atoms with Crippen LogP contribution in [0.15, 0.2) is 18.3 Å². The molecule has 4 nitrogen and oxygen atoms in total. The van der Waals surface area contributed by atoms with E-state index in [0.29, 0.717) is 24.2 Å². The lowest BCUT2D eigenvalue weighted by atomic mass is 10.0. The van der Waals surface area contributed by atoms with E-state index in [4.69, 9.17) is 5.73 Å². The van der Waals surface area contributed by atoms with E-state index in [1.54, 1.807) is 12.3 Å². The quantitative estimate of drug-likeness (QED) is 0.804. The molecule has 20 heavy (non-hydrogen) atoms. The summed E-state index contributed by atoms with van der Waals surface area (Å²) in [5, 5.41) is 2.93. The number of nitrogens with two attached hydrogens (primary N) is 1. The molecule has 0 aromatic carbocycles. The van der Waals surface area contributed by atoms with Crippen LogP contribution >= 0.6 is 0 Å². The largest absolute Gasteiger partial charge is 0.320 e. The SMILES string of the molecule is NCC#Cc1ccnc(NC(=O)C2C3CCCCC32)c1. The second-order valence-corrected chi connectivity index (χ2v) is 5.56. The summed E-state index contributed by atoms with van der Waals surface area (Å²) in [6.45, 7) is 0.329. The second-order valence-electron chi connectivity index (χ2n) is 5.56. The van der Waals surface area contributed by atoms with Gasteiger partial charge in [-0.25, -0.2) is 4.98 Å². The van der Waals surface area contributed by atoms with Crippen LogP contribution in [-0.2, 0) is 4.79 Å². The van der Waals surface area contributed by atoms with Gasteiger partial charge in [0, 0.05) is 17.7 Å². The number of carbonyl (C=O) groups excluding carboxylic acids is 1. The molecule has 4 heteroatoms. The van der Waals surface area contributed by atoms with Crippen LogP contribution in [0.2, 0.25) is 0 Å². The topological polar surface area (TPSA) is 68.0 Å². The summed E-state index contributed by atoms with van der Waals surface area (Å²) in [6, 6.07) is 3.61. The van der Waals surface area contributed by atoms with Gasteiger partial charge in [-0.15, -0.1) is 0 Å². The first kappa shape index (κ1) is 13.1. The Labute approximate surface area is 119 Å². The molecule has 1 heterocycles. The molecule has 0 aliphatic heterocycles. The number of carbonyl (C=O) groups is 1. The summed E-state index contributed by atoms with van der Waals surface area (Å²) in [5.41, 5.74) is 6.18. The number of amides is 1. The van der Waals surface area contributed by atoms with Gasteiger partial charge >= 0.3 is 0 Å². The second kappa shape index (κ2) is 5.64. The van der Waals surface area contributed by atoms with E-state index in [1.807, 2.05) is 6.07 Å². The molecule has 3 rings (SSSR count). The number of aromatic nitrogens is 1. The predicted molar refractivity (Wildman–Crippen MR) is 77.7 cm³/mol. The Kier molecular flexibility index (Phi) is 3.70. The molecule has 2 aliphatic carbocycles. The fraction of sp³-hybridized carbons (Fsp3) is 0.500. The lowest BCUT2D eigenvalue weighted by Gasteiger charge is -2.04. The molecule has 2 unspecified atom stereocenters. The Morgan fingerprint density at radius 1 is 1.40 bits per heavy atom. The summed E-state index contributed by atoms with van der Waals surface area (Å²) in [5.74, 6) is 7.89. The maximum atomic E-state index is 12.3. The molecule has 0 radical (unpaired) electrons. The van der Waals surface area contributed by atoms with Crippen molar-refractivity contribution in [2.75, 3.05) is 11.9 Å². The minimum Gasteiger partial charge on any atom is -0.320 e. The molecule has 104 valence electrons. The number of nitrogens with zero attached hydrogens (tertiary/aromatic N) is 1. The third kappa shape index (κ3) is 2.68. The van der Waals surface area contributed by atoms with Gasteiger partial charge in [-0.1, -0.05) is 24.7 Å². The number of fused-ring (bicyclic) bond motifs is 1. The van der Waals surface area contributed by atoms with Crippen molar-refractivity contribution < 1.29 is 4.79 Å². The van der Waals surface area contributed by atoms with Gasteiger partial charge in [0.25, 0.3) is 0 Å². The third-order valence-electron chi connectivity index (χ3n) is 4.31. The average molecular weight is 269 g/mol. The zero-order valence-electron chi connectivity index (χ0n) is 11.4. The highest BCUT2D eigenvalue weighted by Crippen LogP contribution is 2.55. The van der Waals surface area contributed by atoms with Crippen molar-refractivity contribution in [2.24, 2.45) is 23.5 Å². The molecule has 2 saturated carbocycles. The molecule has 1 amide bonds. The molecule has 2 aliphatic rings. The highest BCUT2D eigenvalue weighted by Gasteiger charge is 2.54. The summed E-state index contributed by atoms with van der Waals surface area (Å²) in [7, 11) is 0. The van der Waals surface area contributed by atoms with Gasteiger partial charge in [0.15, 0.2) is 0 Å². The minimum absolute atomic E-state index is 0.123. The van der Waals surface area contributed by atoms with Crippen LogP contribution < -0.4 is 11.1 Å². The van der Waals surface area contributed by atoms with Gasteiger partial charge in [0.1, 0.15) is 5.82 Å². The van der Waals surface area contributed by atoms with Crippen molar-refractivity contribution in [3.63, 3.8) is 0 Å². The zero-order valence-corrected chi connectivity index (χ0v) is 11.4. The molecule has 0 saturated heterocycles. The molecule has 0 bridgehead atoms. The van der Waals surface area contributed by atoms with Crippen molar-refractivity contribution in [3.8, 4) is 11.8 Å². The molecule has 2 fully saturated rings. The molecule has 3 N–H and O–H groups in total. The van der Waals surface area contributed by atoms with Gasteiger partial charge in [0.05, 0.1) is 6.54 Å². The number of hydrogen-bond acceptors (Lipinski definition) is 3. The molecular weight excluding hydrogens is 250 g/mol. The number of hydrogen-bond donors (Lipinski definition) is 2. The monoisotopic (exact) mass is 269 g/mol. The minimum atomic E-state index is 0.123. The van der Waals surface area contributed by atoms with Gasteiger partial charge < -0.3 is 11.1 Å². The fourth-order valence-corrected chi connectivity index (χ4v) is 3.32. The standard InChI is InChI=1S/C16H19N3O/c17-8-3-4-11-7-9-18-14(10-11)19-16(20)15-12-5-1-2-6-13(12)15/h7,9-10,12-13,15H,1-2,5-6,8,17H2,(H,18,19,20). The van der Waals surface area contributed by atoms with Crippen molar-refractivity contribution in [1.82, 2.24) is 4.98 Å². The van der Waals surface area contributed by atoms with E-state index >= 15 is 0 Å². The van der Waals surface area contributed by atoms with E-state index in [2.05, 4.69) is 22.1 Å². The first-order chi connectivity index (χ1) is 9.79. The van der Waals surface area contributed by atoms with E-state index < -0.39 is 0 Å². The summed E-state index contributed by atoms with van der Waals surface area (Å²) >= 11 is 0. The maximum Gasteiger partial charge on any atom is 0.229 e. The molecule has 2 atom stereocenters. The van der Waals surface area contributed by atoms with Gasteiger partial charge in [-0.3, -0.25) is 4.79 Å². The number of rotatable bonds is 2. The Balaban J connectivity index is 1.64. The van der Waals surface area contributed by atoms with Crippen molar-refractivity contribution in [3.05, 3.63) is 23.9 Å². The zero-order chi connectivity index (χ0) is 13.9. The number of anilines is 1. The van der Waals surface area contributed by atoms with Crippen LogP contribution in [0, 0.1) is 29.6 Å². The average Bonchev–Trinajstić information content (AvgIpc) is 3.20. The van der Waals surface area contributed by atoms with Crippen molar-refractivity contribution in [2.45, 2.75) is 25.7 Å².